The molecule has 1 atom stereocenters. The van der Waals surface area contributed by atoms with E-state index in [1.807, 2.05) is 0 Å². The number of cyclic esters (lactones) is 3. The third-order valence-electron chi connectivity index (χ3n) is 2.45. The first-order valence-corrected chi connectivity index (χ1v) is 5.71. The number of esters is 3. The summed E-state index contributed by atoms with van der Waals surface area (Å²) in [6.45, 7) is 0. The van der Waals surface area contributed by atoms with Gasteiger partial charge in [-0.05, 0) is 0 Å². The number of aliphatic hydroxyl groups excluding tert-OH is 1. The topological polar surface area (TPSA) is 127 Å². The van der Waals surface area contributed by atoms with Gasteiger partial charge >= 0.3 is 17.9 Å². The van der Waals surface area contributed by atoms with E-state index in [-0.39, 0.29) is 23.0 Å². The van der Waals surface area contributed by atoms with E-state index in [1.165, 1.54) is 28.4 Å². The van der Waals surface area contributed by atoms with Gasteiger partial charge in [-0.2, -0.15) is 0 Å². The highest BCUT2D eigenvalue weighted by Crippen LogP contribution is 2.21. The summed E-state index contributed by atoms with van der Waals surface area (Å²) < 4.78 is 26.9. The normalized spacial score (nSPS) is 20.2. The molecule has 2 rings (SSSR count). The van der Waals surface area contributed by atoms with Crippen LogP contribution in [0.5, 0.6) is 0 Å². The summed E-state index contributed by atoms with van der Waals surface area (Å²) in [5.74, 6) is -2.77. The Labute approximate surface area is 124 Å². The minimum Gasteiger partial charge on any atom is -0.491 e. The molecule has 0 radical (unpaired) electrons. The Morgan fingerprint density at radius 1 is 0.773 bits per heavy atom. The Morgan fingerprint density at radius 2 is 1.23 bits per heavy atom. The Bertz CT molecular complexity index is 520. The quantitative estimate of drug-likeness (QED) is 0.506. The molecule has 0 saturated heterocycles. The molecule has 0 aromatic heterocycles. The molecular weight excluding hydrogens is 304 g/mol. The first-order valence-electron chi connectivity index (χ1n) is 5.71. The molecule has 0 bridgehead atoms. The monoisotopic (exact) mass is 318 g/mol. The summed E-state index contributed by atoms with van der Waals surface area (Å²) in [6, 6.07) is 0. The second-order valence-electron chi connectivity index (χ2n) is 3.60. The zero-order chi connectivity index (χ0) is 16.9. The number of aliphatic hydroxyl groups is 1. The fourth-order valence-electron chi connectivity index (χ4n) is 1.51. The Hall–Kier alpha value is -2.75. The van der Waals surface area contributed by atoms with Crippen molar-refractivity contribution >= 4 is 17.9 Å². The smallest absolute Gasteiger partial charge is 0.385 e. The summed E-state index contributed by atoms with van der Waals surface area (Å²) in [5.41, 5.74) is 0. The van der Waals surface area contributed by atoms with E-state index in [0.29, 0.717) is 0 Å². The lowest BCUT2D eigenvalue weighted by atomic mass is 10.4. The molecular formula is C12H14O10. The molecule has 0 amide bonds. The molecule has 2 heterocycles. The van der Waals surface area contributed by atoms with Crippen LogP contribution in [0.1, 0.15) is 0 Å². The number of ether oxygens (including phenoxy) is 6. The van der Waals surface area contributed by atoms with Gasteiger partial charge in [0.2, 0.25) is 11.5 Å². The van der Waals surface area contributed by atoms with Crippen molar-refractivity contribution in [3.8, 4) is 0 Å². The van der Waals surface area contributed by atoms with Crippen molar-refractivity contribution in [1.29, 1.82) is 0 Å². The van der Waals surface area contributed by atoms with Crippen LogP contribution in [0.25, 0.3) is 0 Å². The van der Waals surface area contributed by atoms with Gasteiger partial charge in [-0.3, -0.25) is 0 Å². The van der Waals surface area contributed by atoms with Gasteiger partial charge in [0.25, 0.3) is 17.8 Å². The molecule has 1 N–H and O–H groups in total. The summed E-state index contributed by atoms with van der Waals surface area (Å²) in [4.78, 5) is 32.1. The van der Waals surface area contributed by atoms with Gasteiger partial charge in [0.1, 0.15) is 0 Å². The minimum absolute atomic E-state index is 0.0116. The highest BCUT2D eigenvalue weighted by molar-refractivity contribution is 6.09. The van der Waals surface area contributed by atoms with Gasteiger partial charge in [-0.1, -0.05) is 0 Å². The molecule has 10 heteroatoms. The molecule has 0 aromatic rings. The van der Waals surface area contributed by atoms with Crippen LogP contribution in [0.3, 0.4) is 0 Å². The van der Waals surface area contributed by atoms with Crippen LogP contribution in [-0.4, -0.2) is 57.7 Å². The van der Waals surface area contributed by atoms with Gasteiger partial charge < -0.3 is 33.5 Å². The van der Waals surface area contributed by atoms with Crippen molar-refractivity contribution in [3.05, 3.63) is 23.0 Å². The highest BCUT2D eigenvalue weighted by Gasteiger charge is 2.36. The van der Waals surface area contributed by atoms with E-state index in [2.05, 4.69) is 28.4 Å². The van der Waals surface area contributed by atoms with Crippen LogP contribution in [0, 0.1) is 0 Å². The number of rotatable bonds is 4. The van der Waals surface area contributed by atoms with E-state index in [4.69, 9.17) is 5.11 Å². The van der Waals surface area contributed by atoms with Crippen LogP contribution < -0.4 is 0 Å². The van der Waals surface area contributed by atoms with Gasteiger partial charge in [-0.25, -0.2) is 14.4 Å². The highest BCUT2D eigenvalue weighted by atomic mass is 16.7. The second-order valence-corrected chi connectivity index (χ2v) is 3.60. The van der Waals surface area contributed by atoms with Crippen molar-refractivity contribution in [2.45, 2.75) is 6.29 Å². The van der Waals surface area contributed by atoms with Crippen molar-refractivity contribution in [2.24, 2.45) is 0 Å². The third kappa shape index (κ3) is 3.28. The van der Waals surface area contributed by atoms with Gasteiger partial charge in [0, 0.05) is 0 Å². The number of hydrogen-bond donors (Lipinski definition) is 1. The van der Waals surface area contributed by atoms with Gasteiger partial charge in [-0.15, -0.1) is 0 Å². The Balaban J connectivity index is 0.000000220. The van der Waals surface area contributed by atoms with E-state index in [1.54, 1.807) is 0 Å². The molecule has 2 aliphatic rings. The lowest BCUT2D eigenvalue weighted by Gasteiger charge is -2.03. The van der Waals surface area contributed by atoms with Crippen LogP contribution in [0.4, 0.5) is 0 Å². The molecule has 1 unspecified atom stereocenters. The average molecular weight is 318 g/mol. The molecule has 0 fully saturated rings. The van der Waals surface area contributed by atoms with Crippen LogP contribution in [-0.2, 0) is 42.8 Å². The molecule has 0 aliphatic carbocycles. The average Bonchev–Trinajstić information content (AvgIpc) is 2.92. The maximum absolute atomic E-state index is 10.7. The standard InChI is InChI=1S/C6H8O5.C6H6O5/c2*1-9-3-4(10-2)6(8)11-5(3)7/h5,7H,1-2H3;1-2H3. The maximum atomic E-state index is 10.7. The second kappa shape index (κ2) is 7.31. The fraction of sp³-hybridized carbons (Fsp3) is 0.417. The summed E-state index contributed by atoms with van der Waals surface area (Å²) >= 11 is 0. The van der Waals surface area contributed by atoms with Crippen molar-refractivity contribution < 1.29 is 47.9 Å². The molecule has 10 nitrogen and oxygen atoms in total. The molecule has 22 heavy (non-hydrogen) atoms. The summed E-state index contributed by atoms with van der Waals surface area (Å²) in [5, 5.41) is 8.95. The molecule has 2 aliphatic heterocycles. The molecule has 0 spiro atoms. The van der Waals surface area contributed by atoms with Crippen molar-refractivity contribution in [2.75, 3.05) is 28.4 Å². The zero-order valence-corrected chi connectivity index (χ0v) is 12.2. The number of methoxy groups -OCH3 is 4. The lowest BCUT2D eigenvalue weighted by molar-refractivity contribution is -0.156. The number of carbonyl (C=O) groups is 3. The minimum atomic E-state index is -1.33. The Kier molecular flexibility index (Phi) is 5.75. The number of carbonyl (C=O) groups excluding carboxylic acids is 3. The van der Waals surface area contributed by atoms with E-state index >= 15 is 0 Å². The van der Waals surface area contributed by atoms with E-state index < -0.39 is 24.2 Å². The van der Waals surface area contributed by atoms with Gasteiger partial charge in [0.05, 0.1) is 28.4 Å². The maximum Gasteiger partial charge on any atom is 0.385 e. The fourth-order valence-corrected chi connectivity index (χ4v) is 1.51. The predicted octanol–water partition coefficient (Wildman–Crippen LogP) is -1.06. The summed E-state index contributed by atoms with van der Waals surface area (Å²) in [6.07, 6.45) is -1.33. The van der Waals surface area contributed by atoms with Crippen molar-refractivity contribution in [3.63, 3.8) is 0 Å². The predicted molar refractivity (Wildman–Crippen MR) is 65.3 cm³/mol. The molecule has 0 saturated carbocycles. The van der Waals surface area contributed by atoms with Crippen molar-refractivity contribution in [1.82, 2.24) is 0 Å². The van der Waals surface area contributed by atoms with Gasteiger partial charge in [0.15, 0.2) is 0 Å². The zero-order valence-electron chi connectivity index (χ0n) is 12.2. The Morgan fingerprint density at radius 3 is 1.55 bits per heavy atom. The largest absolute Gasteiger partial charge is 0.491 e. The first-order chi connectivity index (χ1) is 10.4. The van der Waals surface area contributed by atoms with Crippen LogP contribution >= 0.6 is 0 Å². The molecule has 0 aromatic carbocycles. The lowest BCUT2D eigenvalue weighted by Crippen LogP contribution is -2.10. The summed E-state index contributed by atoms with van der Waals surface area (Å²) in [7, 11) is 5.13. The van der Waals surface area contributed by atoms with E-state index in [9.17, 15) is 14.4 Å². The third-order valence-corrected chi connectivity index (χ3v) is 2.45. The number of hydrogen-bond acceptors (Lipinski definition) is 10. The SMILES string of the molecule is COC1=C(OC)C(=O)OC1=O.COC1=C(OC)C(O)OC1=O. The van der Waals surface area contributed by atoms with Crippen LogP contribution in [0.2, 0.25) is 0 Å². The van der Waals surface area contributed by atoms with Crippen LogP contribution in [0.15, 0.2) is 23.0 Å². The molecule has 122 valence electrons. The van der Waals surface area contributed by atoms with E-state index in [0.717, 1.165) is 0 Å². The first kappa shape index (κ1) is 17.3.